The Balaban J connectivity index is 1.64. The molecule has 1 atom stereocenters. The molecule has 0 fully saturated rings. The second-order valence-electron chi connectivity index (χ2n) is 8.70. The number of nitrogens with one attached hydrogen (secondary N) is 1. The number of benzene rings is 3. The number of carbonyl (C=O) groups is 2. The van der Waals surface area contributed by atoms with Crippen LogP contribution in [0.3, 0.4) is 0 Å². The molecule has 0 aliphatic carbocycles. The van der Waals surface area contributed by atoms with Gasteiger partial charge in [-0.3, -0.25) is 14.6 Å². The van der Waals surface area contributed by atoms with Crippen LogP contribution in [0.15, 0.2) is 103 Å². The SMILES string of the molecule is O=C(NCc1ccccn1)C(Cc1ccccc1)N(Cc1ccc(Cl)cc1)C(=O)Cc1ccc(Cl)cc1. The Kier molecular flexibility index (Phi) is 9.30. The molecule has 1 heterocycles. The summed E-state index contributed by atoms with van der Waals surface area (Å²) in [5, 5.41) is 4.20. The maximum absolute atomic E-state index is 13.8. The Labute approximate surface area is 227 Å². The number of hydrogen-bond acceptors (Lipinski definition) is 3. The van der Waals surface area contributed by atoms with Gasteiger partial charge >= 0.3 is 0 Å². The van der Waals surface area contributed by atoms with Crippen molar-refractivity contribution in [1.82, 2.24) is 15.2 Å². The number of amides is 2. The first-order valence-corrected chi connectivity index (χ1v) is 12.7. The summed E-state index contributed by atoms with van der Waals surface area (Å²) in [6.45, 7) is 0.531. The summed E-state index contributed by atoms with van der Waals surface area (Å²) in [6.07, 6.45) is 2.20. The Hall–Kier alpha value is -3.67. The van der Waals surface area contributed by atoms with Crippen LogP contribution in [0.5, 0.6) is 0 Å². The van der Waals surface area contributed by atoms with E-state index < -0.39 is 6.04 Å². The average molecular weight is 532 g/mol. The van der Waals surface area contributed by atoms with Crippen molar-refractivity contribution in [2.45, 2.75) is 32.0 Å². The number of carbonyl (C=O) groups excluding carboxylic acids is 2. The van der Waals surface area contributed by atoms with E-state index in [1.807, 2.05) is 72.8 Å². The van der Waals surface area contributed by atoms with Crippen molar-refractivity contribution in [1.29, 1.82) is 0 Å². The second kappa shape index (κ2) is 13.0. The van der Waals surface area contributed by atoms with Gasteiger partial charge < -0.3 is 10.2 Å². The zero-order chi connectivity index (χ0) is 26.0. The number of halogens is 2. The van der Waals surface area contributed by atoms with Gasteiger partial charge in [0.1, 0.15) is 6.04 Å². The van der Waals surface area contributed by atoms with Gasteiger partial charge in [0.25, 0.3) is 0 Å². The molecule has 4 rings (SSSR count). The highest BCUT2D eigenvalue weighted by Crippen LogP contribution is 2.19. The molecule has 0 saturated carbocycles. The van der Waals surface area contributed by atoms with Gasteiger partial charge in [-0.1, -0.05) is 83.9 Å². The van der Waals surface area contributed by atoms with E-state index >= 15 is 0 Å². The van der Waals surface area contributed by atoms with Crippen LogP contribution in [0.1, 0.15) is 22.4 Å². The quantitative estimate of drug-likeness (QED) is 0.277. The van der Waals surface area contributed by atoms with E-state index in [1.54, 1.807) is 35.4 Å². The van der Waals surface area contributed by atoms with Crippen LogP contribution >= 0.6 is 23.2 Å². The molecule has 0 spiro atoms. The van der Waals surface area contributed by atoms with Crippen LogP contribution < -0.4 is 5.32 Å². The molecule has 0 bridgehead atoms. The molecule has 0 aliphatic rings. The molecule has 0 aliphatic heterocycles. The first-order chi connectivity index (χ1) is 18.0. The minimum atomic E-state index is -0.735. The summed E-state index contributed by atoms with van der Waals surface area (Å²) >= 11 is 12.1. The van der Waals surface area contributed by atoms with Gasteiger partial charge in [-0.2, -0.15) is 0 Å². The van der Waals surface area contributed by atoms with Crippen molar-refractivity contribution < 1.29 is 9.59 Å². The van der Waals surface area contributed by atoms with E-state index in [2.05, 4.69) is 10.3 Å². The molecule has 0 saturated heterocycles. The van der Waals surface area contributed by atoms with E-state index in [9.17, 15) is 9.59 Å². The summed E-state index contributed by atoms with van der Waals surface area (Å²) in [5.74, 6) is -0.404. The maximum Gasteiger partial charge on any atom is 0.243 e. The standard InChI is InChI=1S/C30H27Cl2N3O2/c31-25-13-9-23(10-14-25)19-29(36)35(21-24-11-15-26(32)16-12-24)28(18-22-6-2-1-3-7-22)30(37)34-20-27-8-4-5-17-33-27/h1-17,28H,18-21H2,(H,34,37). The second-order valence-corrected chi connectivity index (χ2v) is 9.57. The molecular formula is C30H27Cl2N3O2. The number of nitrogens with zero attached hydrogens (tertiary/aromatic N) is 2. The van der Waals surface area contributed by atoms with Gasteiger partial charge in [0, 0.05) is 29.2 Å². The van der Waals surface area contributed by atoms with Crippen molar-refractivity contribution >= 4 is 35.0 Å². The van der Waals surface area contributed by atoms with Crippen LogP contribution in [-0.2, 0) is 35.5 Å². The van der Waals surface area contributed by atoms with Gasteiger partial charge in [0.05, 0.1) is 18.7 Å². The lowest BCUT2D eigenvalue weighted by molar-refractivity contribution is -0.140. The molecular weight excluding hydrogens is 505 g/mol. The third-order valence-corrected chi connectivity index (χ3v) is 6.48. The highest BCUT2D eigenvalue weighted by molar-refractivity contribution is 6.30. The number of aromatic nitrogens is 1. The maximum atomic E-state index is 13.8. The third kappa shape index (κ3) is 7.91. The number of pyridine rings is 1. The van der Waals surface area contributed by atoms with Gasteiger partial charge in [-0.05, 0) is 53.1 Å². The van der Waals surface area contributed by atoms with E-state index in [4.69, 9.17) is 23.2 Å². The molecule has 37 heavy (non-hydrogen) atoms. The van der Waals surface area contributed by atoms with Crippen LogP contribution in [0, 0.1) is 0 Å². The molecule has 7 heteroatoms. The van der Waals surface area contributed by atoms with Gasteiger partial charge in [0.2, 0.25) is 11.8 Å². The van der Waals surface area contributed by atoms with Crippen molar-refractivity contribution in [2.24, 2.45) is 0 Å². The summed E-state index contributed by atoms with van der Waals surface area (Å²) in [4.78, 5) is 33.3. The minimum absolute atomic E-state index is 0.142. The van der Waals surface area contributed by atoms with E-state index in [-0.39, 0.29) is 31.3 Å². The smallest absolute Gasteiger partial charge is 0.243 e. The molecule has 2 amide bonds. The van der Waals surface area contributed by atoms with E-state index in [1.165, 1.54) is 0 Å². The zero-order valence-corrected chi connectivity index (χ0v) is 21.7. The predicted octanol–water partition coefficient (Wildman–Crippen LogP) is 5.89. The first kappa shape index (κ1) is 26.4. The van der Waals surface area contributed by atoms with Gasteiger partial charge in [-0.15, -0.1) is 0 Å². The van der Waals surface area contributed by atoms with Crippen molar-refractivity contribution in [3.8, 4) is 0 Å². The largest absolute Gasteiger partial charge is 0.349 e. The van der Waals surface area contributed by atoms with Crippen LogP contribution in [0.2, 0.25) is 10.0 Å². The summed E-state index contributed by atoms with van der Waals surface area (Å²) in [5.41, 5.74) is 3.40. The van der Waals surface area contributed by atoms with Crippen LogP contribution in [-0.4, -0.2) is 27.7 Å². The fraction of sp³-hybridized carbons (Fsp3) is 0.167. The van der Waals surface area contributed by atoms with Crippen molar-refractivity contribution in [3.63, 3.8) is 0 Å². The molecule has 4 aromatic rings. The van der Waals surface area contributed by atoms with Crippen LogP contribution in [0.25, 0.3) is 0 Å². The first-order valence-electron chi connectivity index (χ1n) is 12.0. The minimum Gasteiger partial charge on any atom is -0.349 e. The number of rotatable bonds is 10. The molecule has 1 aromatic heterocycles. The lowest BCUT2D eigenvalue weighted by Crippen LogP contribution is -2.50. The number of hydrogen-bond donors (Lipinski definition) is 1. The molecule has 1 N–H and O–H groups in total. The topological polar surface area (TPSA) is 62.3 Å². The summed E-state index contributed by atoms with van der Waals surface area (Å²) in [7, 11) is 0. The Morgan fingerprint density at radius 1 is 0.757 bits per heavy atom. The molecule has 3 aromatic carbocycles. The lowest BCUT2D eigenvalue weighted by atomic mass is 10.0. The molecule has 5 nitrogen and oxygen atoms in total. The summed E-state index contributed by atoms with van der Waals surface area (Å²) in [6, 6.07) is 29.0. The lowest BCUT2D eigenvalue weighted by Gasteiger charge is -2.31. The van der Waals surface area contributed by atoms with Crippen molar-refractivity contribution in [2.75, 3.05) is 0 Å². The van der Waals surface area contributed by atoms with Gasteiger partial charge in [-0.25, -0.2) is 0 Å². The fourth-order valence-corrected chi connectivity index (χ4v) is 4.27. The fourth-order valence-electron chi connectivity index (χ4n) is 4.02. The van der Waals surface area contributed by atoms with E-state index in [0.717, 1.165) is 22.4 Å². The summed E-state index contributed by atoms with van der Waals surface area (Å²) < 4.78 is 0. The van der Waals surface area contributed by atoms with Gasteiger partial charge in [0.15, 0.2) is 0 Å². The molecule has 1 unspecified atom stereocenters. The normalized spacial score (nSPS) is 11.5. The van der Waals surface area contributed by atoms with E-state index in [0.29, 0.717) is 16.5 Å². The third-order valence-electron chi connectivity index (χ3n) is 5.98. The highest BCUT2D eigenvalue weighted by Gasteiger charge is 2.30. The van der Waals surface area contributed by atoms with Crippen molar-refractivity contribution in [3.05, 3.63) is 136 Å². The monoisotopic (exact) mass is 531 g/mol. The molecule has 0 radical (unpaired) electrons. The Bertz CT molecular complexity index is 1300. The molecule has 188 valence electrons. The average Bonchev–Trinajstić information content (AvgIpc) is 2.92. The van der Waals surface area contributed by atoms with Crippen LogP contribution in [0.4, 0.5) is 0 Å². The Morgan fingerprint density at radius 3 is 2.00 bits per heavy atom. The highest BCUT2D eigenvalue weighted by atomic mass is 35.5. The zero-order valence-electron chi connectivity index (χ0n) is 20.2. The Morgan fingerprint density at radius 2 is 1.38 bits per heavy atom. The predicted molar refractivity (Wildman–Crippen MR) is 147 cm³/mol.